The van der Waals surface area contributed by atoms with E-state index in [2.05, 4.69) is 19.1 Å². The summed E-state index contributed by atoms with van der Waals surface area (Å²) in [4.78, 5) is 11.7. The topological polar surface area (TPSA) is 48.1 Å². The third kappa shape index (κ3) is 5.02. The summed E-state index contributed by atoms with van der Waals surface area (Å²) < 4.78 is 16.0. The van der Waals surface area contributed by atoms with Crippen molar-refractivity contribution < 1.29 is 19.0 Å². The Hall–Kier alpha value is -1.55. The molecule has 0 amide bonds. The molecule has 0 aromatic heterocycles. The number of unbranched alkanes of at least 4 members (excludes halogenated alkanes) is 3. The number of esters is 1. The Morgan fingerprint density at radius 1 is 1.18 bits per heavy atom. The molecule has 0 spiro atoms. The van der Waals surface area contributed by atoms with Crippen LogP contribution in [0.4, 0.5) is 0 Å². The van der Waals surface area contributed by atoms with Crippen molar-refractivity contribution in [2.75, 3.05) is 19.8 Å². The summed E-state index contributed by atoms with van der Waals surface area (Å²) in [6.07, 6.45) is 4.97. The van der Waals surface area contributed by atoms with Crippen molar-refractivity contribution in [2.45, 2.75) is 51.6 Å². The number of hydrogen-bond donors (Lipinski definition) is 0. The summed E-state index contributed by atoms with van der Waals surface area (Å²) in [5, 5.41) is 0. The van der Waals surface area contributed by atoms with Crippen molar-refractivity contribution in [3.63, 3.8) is 0 Å². The van der Waals surface area contributed by atoms with Gasteiger partial charge in [0, 0.05) is 0 Å². The highest BCUT2D eigenvalue weighted by molar-refractivity contribution is 5.82. The van der Waals surface area contributed by atoms with Gasteiger partial charge in [0.25, 0.3) is 0 Å². The molecule has 1 saturated heterocycles. The molecule has 0 aliphatic carbocycles. The average Bonchev–Trinajstić information content (AvgIpc) is 3.30. The van der Waals surface area contributed by atoms with Gasteiger partial charge in [0.05, 0.1) is 19.8 Å². The van der Waals surface area contributed by atoms with Crippen LogP contribution < -0.4 is 4.74 Å². The predicted octanol–water partition coefficient (Wildman–Crippen LogP) is 3.66. The van der Waals surface area contributed by atoms with E-state index in [0.29, 0.717) is 13.2 Å². The lowest BCUT2D eigenvalue weighted by Crippen LogP contribution is -2.27. The number of hydrogen-bond acceptors (Lipinski definition) is 4. The number of epoxide rings is 1. The van der Waals surface area contributed by atoms with E-state index in [0.717, 1.165) is 44.5 Å². The van der Waals surface area contributed by atoms with E-state index in [4.69, 9.17) is 14.2 Å². The summed E-state index contributed by atoms with van der Waals surface area (Å²) in [6.45, 7) is 5.56. The lowest BCUT2D eigenvalue weighted by Gasteiger charge is -2.10. The molecule has 0 bridgehead atoms. The molecule has 4 heteroatoms. The van der Waals surface area contributed by atoms with Crippen molar-refractivity contribution in [1.82, 2.24) is 0 Å². The van der Waals surface area contributed by atoms with Crippen LogP contribution in [0.15, 0.2) is 24.3 Å². The van der Waals surface area contributed by atoms with Gasteiger partial charge in [-0.25, -0.2) is 4.79 Å². The van der Waals surface area contributed by atoms with Gasteiger partial charge in [0.2, 0.25) is 0 Å². The first-order chi connectivity index (χ1) is 10.7. The van der Waals surface area contributed by atoms with E-state index in [-0.39, 0.29) is 5.97 Å². The van der Waals surface area contributed by atoms with Gasteiger partial charge in [0.15, 0.2) is 5.60 Å². The van der Waals surface area contributed by atoms with Crippen molar-refractivity contribution in [1.29, 1.82) is 0 Å². The van der Waals surface area contributed by atoms with E-state index in [1.165, 1.54) is 5.56 Å². The first-order valence-electron chi connectivity index (χ1n) is 8.17. The number of rotatable bonds is 10. The molecule has 0 radical (unpaired) electrons. The molecular formula is C18H26O4. The van der Waals surface area contributed by atoms with E-state index >= 15 is 0 Å². The zero-order valence-corrected chi connectivity index (χ0v) is 13.6. The van der Waals surface area contributed by atoms with Gasteiger partial charge in [-0.2, -0.15) is 0 Å². The lowest BCUT2D eigenvalue weighted by atomic mass is 10.0. The molecule has 1 atom stereocenters. The van der Waals surface area contributed by atoms with Gasteiger partial charge in [-0.1, -0.05) is 30.5 Å². The molecule has 1 aromatic rings. The quantitative estimate of drug-likeness (QED) is 0.376. The Morgan fingerprint density at radius 2 is 1.86 bits per heavy atom. The van der Waals surface area contributed by atoms with E-state index in [1.807, 2.05) is 19.1 Å². The maximum Gasteiger partial charge on any atom is 0.340 e. The fourth-order valence-corrected chi connectivity index (χ4v) is 2.40. The minimum absolute atomic E-state index is 0.197. The lowest BCUT2D eigenvalue weighted by molar-refractivity contribution is -0.149. The largest absolute Gasteiger partial charge is 0.494 e. The summed E-state index contributed by atoms with van der Waals surface area (Å²) in [5.41, 5.74) is 0.624. The van der Waals surface area contributed by atoms with Crippen LogP contribution >= 0.6 is 0 Å². The van der Waals surface area contributed by atoms with Gasteiger partial charge in [-0.05, 0) is 45.2 Å². The predicted molar refractivity (Wildman–Crippen MR) is 85.1 cm³/mol. The smallest absolute Gasteiger partial charge is 0.340 e. The van der Waals surface area contributed by atoms with E-state index in [9.17, 15) is 4.79 Å². The van der Waals surface area contributed by atoms with Crippen LogP contribution in [0.5, 0.6) is 5.75 Å². The average molecular weight is 306 g/mol. The monoisotopic (exact) mass is 306 g/mol. The highest BCUT2D eigenvalue weighted by Gasteiger charge is 2.52. The Bertz CT molecular complexity index is 462. The fourth-order valence-electron chi connectivity index (χ4n) is 2.40. The Labute approximate surface area is 132 Å². The highest BCUT2D eigenvalue weighted by Crippen LogP contribution is 2.34. The number of ether oxygens (including phenoxy) is 3. The number of carbonyl (C=O) groups is 1. The Morgan fingerprint density at radius 3 is 2.50 bits per heavy atom. The molecule has 122 valence electrons. The highest BCUT2D eigenvalue weighted by atomic mass is 16.6. The number of carbonyl (C=O) groups excluding carboxylic acids is 1. The Balaban J connectivity index is 1.51. The van der Waals surface area contributed by atoms with Crippen LogP contribution in [-0.2, 0) is 14.3 Å². The first-order valence-corrected chi connectivity index (χ1v) is 8.17. The summed E-state index contributed by atoms with van der Waals surface area (Å²) in [5.74, 6) is 0.732. The summed E-state index contributed by atoms with van der Waals surface area (Å²) in [6, 6.07) is 8.12. The maximum atomic E-state index is 11.7. The van der Waals surface area contributed by atoms with Gasteiger partial charge >= 0.3 is 5.97 Å². The van der Waals surface area contributed by atoms with Crippen LogP contribution in [0, 0.1) is 6.92 Å². The van der Waals surface area contributed by atoms with Crippen LogP contribution in [-0.4, -0.2) is 31.4 Å². The molecule has 1 aliphatic rings. The van der Waals surface area contributed by atoms with Crippen molar-refractivity contribution in [3.8, 4) is 5.75 Å². The molecule has 1 aliphatic heterocycles. The molecule has 2 rings (SSSR count). The second-order valence-electron chi connectivity index (χ2n) is 5.83. The molecule has 1 fully saturated rings. The molecule has 1 unspecified atom stereocenters. The third-order valence-electron chi connectivity index (χ3n) is 3.90. The number of aryl methyl sites for hydroxylation is 1. The molecule has 4 nitrogen and oxygen atoms in total. The first kappa shape index (κ1) is 16.8. The minimum Gasteiger partial charge on any atom is -0.494 e. The second-order valence-corrected chi connectivity index (χ2v) is 5.83. The number of benzene rings is 1. The Kier molecular flexibility index (Phi) is 6.25. The van der Waals surface area contributed by atoms with E-state index < -0.39 is 5.60 Å². The van der Waals surface area contributed by atoms with Crippen LogP contribution in [0.1, 0.15) is 44.6 Å². The standard InChI is InChI=1S/C18H26O4/c1-3-20-17(19)18(14-22-18)12-6-4-5-7-13-21-16-10-8-15(2)9-11-16/h8-11H,3-7,12-14H2,1-2H3. The molecular weight excluding hydrogens is 280 g/mol. The zero-order valence-electron chi connectivity index (χ0n) is 13.6. The van der Waals surface area contributed by atoms with Gasteiger partial charge in [-0.15, -0.1) is 0 Å². The molecule has 1 aromatic carbocycles. The van der Waals surface area contributed by atoms with Crippen LogP contribution in [0.2, 0.25) is 0 Å². The van der Waals surface area contributed by atoms with Crippen LogP contribution in [0.25, 0.3) is 0 Å². The van der Waals surface area contributed by atoms with Gasteiger partial charge in [-0.3, -0.25) is 0 Å². The maximum absolute atomic E-state index is 11.7. The summed E-state index contributed by atoms with van der Waals surface area (Å²) >= 11 is 0. The van der Waals surface area contributed by atoms with Gasteiger partial charge < -0.3 is 14.2 Å². The van der Waals surface area contributed by atoms with E-state index in [1.54, 1.807) is 0 Å². The minimum atomic E-state index is -0.617. The molecule has 0 N–H and O–H groups in total. The molecule has 0 saturated carbocycles. The summed E-state index contributed by atoms with van der Waals surface area (Å²) in [7, 11) is 0. The molecule has 22 heavy (non-hydrogen) atoms. The normalized spacial score (nSPS) is 19.7. The third-order valence-corrected chi connectivity index (χ3v) is 3.90. The van der Waals surface area contributed by atoms with Crippen molar-refractivity contribution in [3.05, 3.63) is 29.8 Å². The van der Waals surface area contributed by atoms with Crippen molar-refractivity contribution in [2.24, 2.45) is 0 Å². The van der Waals surface area contributed by atoms with Crippen molar-refractivity contribution >= 4 is 5.97 Å². The van der Waals surface area contributed by atoms with Crippen LogP contribution in [0.3, 0.4) is 0 Å². The molecule has 1 heterocycles. The SMILES string of the molecule is CCOC(=O)C1(CCCCCCOc2ccc(C)cc2)CO1. The second kappa shape index (κ2) is 8.18. The van der Waals surface area contributed by atoms with Gasteiger partial charge in [0.1, 0.15) is 5.75 Å². The fraction of sp³-hybridized carbons (Fsp3) is 0.611. The zero-order chi connectivity index (χ0) is 15.8.